The van der Waals surface area contributed by atoms with E-state index in [1.165, 1.54) is 6.20 Å². The molecule has 1 atom stereocenters. The predicted molar refractivity (Wildman–Crippen MR) is 82.7 cm³/mol. The number of pyridine rings is 1. The largest absolute Gasteiger partial charge is 0.430 e. The van der Waals surface area contributed by atoms with E-state index in [2.05, 4.69) is 4.98 Å². The van der Waals surface area contributed by atoms with E-state index in [1.807, 2.05) is 0 Å². The van der Waals surface area contributed by atoms with Gasteiger partial charge in [0.15, 0.2) is 0 Å². The highest BCUT2D eigenvalue weighted by Crippen LogP contribution is 2.05. The third-order valence-corrected chi connectivity index (χ3v) is 3.04. The highest BCUT2D eigenvalue weighted by atomic mass is 16.7. The van der Waals surface area contributed by atoms with Crippen LogP contribution in [0.4, 0.5) is 0 Å². The first-order chi connectivity index (χ1) is 11.9. The Balaban J connectivity index is 1.81. The summed E-state index contributed by atoms with van der Waals surface area (Å²) in [5, 5.41) is 0. The summed E-state index contributed by atoms with van der Waals surface area (Å²) in [5.41, 5.74) is 0.355. The van der Waals surface area contributed by atoms with E-state index < -0.39 is 12.3 Å². The fourth-order valence-electron chi connectivity index (χ4n) is 1.86. The molecule has 0 aromatic carbocycles. The molecule has 0 aliphatic carbocycles. The topological polar surface area (TPSA) is 85.3 Å². The Labute approximate surface area is 141 Å². The van der Waals surface area contributed by atoms with E-state index in [1.54, 1.807) is 18.3 Å². The molecule has 8 heteroatoms. The second-order valence-corrected chi connectivity index (χ2v) is 4.86. The number of esters is 1. The summed E-state index contributed by atoms with van der Waals surface area (Å²) < 4.78 is 32.3. The van der Waals surface area contributed by atoms with Crippen LogP contribution in [0.2, 0.25) is 0 Å². The van der Waals surface area contributed by atoms with Crippen molar-refractivity contribution < 1.29 is 33.2 Å². The van der Waals surface area contributed by atoms with Crippen LogP contribution in [0.3, 0.4) is 0 Å². The van der Waals surface area contributed by atoms with Gasteiger partial charge in [-0.25, -0.2) is 4.79 Å². The minimum atomic E-state index is -0.817. The van der Waals surface area contributed by atoms with Crippen LogP contribution in [0.5, 0.6) is 0 Å². The van der Waals surface area contributed by atoms with Crippen LogP contribution in [0, 0.1) is 0 Å². The molecule has 1 aliphatic heterocycles. The van der Waals surface area contributed by atoms with Gasteiger partial charge in [-0.3, -0.25) is 4.98 Å². The molecule has 24 heavy (non-hydrogen) atoms. The van der Waals surface area contributed by atoms with E-state index in [0.717, 1.165) is 0 Å². The molecular weight excluding hydrogens is 318 g/mol. The Bertz CT molecular complexity index is 441. The molecule has 1 fully saturated rings. The third kappa shape index (κ3) is 7.80. The maximum Gasteiger partial charge on any atom is 0.342 e. The molecule has 2 heterocycles. The molecule has 0 saturated carbocycles. The highest BCUT2D eigenvalue weighted by molar-refractivity contribution is 5.88. The lowest BCUT2D eigenvalue weighted by atomic mass is 10.3. The predicted octanol–water partition coefficient (Wildman–Crippen LogP) is 0.661. The number of hydrogen-bond donors (Lipinski definition) is 0. The monoisotopic (exact) mass is 341 g/mol. The molecule has 1 unspecified atom stereocenters. The first-order valence-corrected chi connectivity index (χ1v) is 7.90. The second-order valence-electron chi connectivity index (χ2n) is 4.86. The molecule has 1 saturated heterocycles. The van der Waals surface area contributed by atoms with Gasteiger partial charge in [-0.05, 0) is 12.1 Å². The van der Waals surface area contributed by atoms with Gasteiger partial charge in [-0.2, -0.15) is 0 Å². The molecule has 0 bridgehead atoms. The lowest BCUT2D eigenvalue weighted by Crippen LogP contribution is -2.29. The number of carbonyl (C=O) groups excluding carboxylic acids is 1. The zero-order valence-electron chi connectivity index (χ0n) is 13.6. The number of nitrogens with zero attached hydrogens (tertiary/aromatic N) is 1. The Morgan fingerprint density at radius 1 is 0.958 bits per heavy atom. The van der Waals surface area contributed by atoms with Crippen LogP contribution >= 0.6 is 0 Å². The van der Waals surface area contributed by atoms with Crippen molar-refractivity contribution in [2.24, 2.45) is 0 Å². The van der Waals surface area contributed by atoms with Gasteiger partial charge in [0.05, 0.1) is 58.4 Å². The van der Waals surface area contributed by atoms with Gasteiger partial charge in [0, 0.05) is 12.4 Å². The molecule has 1 aromatic rings. The maximum absolute atomic E-state index is 12.1. The van der Waals surface area contributed by atoms with Crippen molar-refractivity contribution in [2.45, 2.75) is 6.29 Å². The van der Waals surface area contributed by atoms with Crippen LogP contribution in [0.1, 0.15) is 10.4 Å². The zero-order chi connectivity index (χ0) is 16.9. The summed E-state index contributed by atoms with van der Waals surface area (Å²) in [6, 6.07) is 3.29. The van der Waals surface area contributed by atoms with Gasteiger partial charge in [-0.1, -0.05) is 0 Å². The molecule has 0 radical (unpaired) electrons. The van der Waals surface area contributed by atoms with Crippen LogP contribution in [-0.2, 0) is 28.4 Å². The fourth-order valence-corrected chi connectivity index (χ4v) is 1.86. The first-order valence-electron chi connectivity index (χ1n) is 7.90. The van der Waals surface area contributed by atoms with Crippen molar-refractivity contribution in [2.75, 3.05) is 59.5 Å². The quantitative estimate of drug-likeness (QED) is 0.725. The standard InChI is InChI=1S/C16H23NO7/c18-16(14-2-1-3-17-12-14)24-15-13-22-9-8-20-5-4-19-6-7-21-10-11-23-15/h1-3,12,15H,4-11,13H2. The second kappa shape index (κ2) is 11.9. The Morgan fingerprint density at radius 2 is 1.58 bits per heavy atom. The van der Waals surface area contributed by atoms with Gasteiger partial charge in [-0.15, -0.1) is 0 Å². The van der Waals surface area contributed by atoms with Crippen LogP contribution < -0.4 is 0 Å². The summed E-state index contributed by atoms with van der Waals surface area (Å²) in [4.78, 5) is 16.0. The van der Waals surface area contributed by atoms with Crippen molar-refractivity contribution in [1.29, 1.82) is 0 Å². The molecule has 0 amide bonds. The van der Waals surface area contributed by atoms with Crippen molar-refractivity contribution in [3.05, 3.63) is 30.1 Å². The number of rotatable bonds is 2. The van der Waals surface area contributed by atoms with Crippen LogP contribution in [-0.4, -0.2) is 76.7 Å². The minimum absolute atomic E-state index is 0.117. The van der Waals surface area contributed by atoms with Crippen LogP contribution in [0.25, 0.3) is 0 Å². The van der Waals surface area contributed by atoms with Gasteiger partial charge in [0.25, 0.3) is 0 Å². The molecule has 8 nitrogen and oxygen atoms in total. The first kappa shape index (κ1) is 18.8. The van der Waals surface area contributed by atoms with Crippen molar-refractivity contribution in [3.63, 3.8) is 0 Å². The van der Waals surface area contributed by atoms with E-state index in [4.69, 9.17) is 28.4 Å². The van der Waals surface area contributed by atoms with E-state index >= 15 is 0 Å². The van der Waals surface area contributed by atoms with Crippen molar-refractivity contribution in [3.8, 4) is 0 Å². The lowest BCUT2D eigenvalue weighted by Gasteiger charge is -2.18. The highest BCUT2D eigenvalue weighted by Gasteiger charge is 2.17. The summed E-state index contributed by atoms with van der Waals surface area (Å²) >= 11 is 0. The number of carbonyl (C=O) groups is 1. The summed E-state index contributed by atoms with van der Waals surface area (Å²) in [5.74, 6) is -0.514. The SMILES string of the molecule is O=C(OC1COCCOCCOCCOCCO1)c1cccnc1. The van der Waals surface area contributed by atoms with Gasteiger partial charge < -0.3 is 28.4 Å². The van der Waals surface area contributed by atoms with E-state index in [-0.39, 0.29) is 13.2 Å². The molecule has 1 aliphatic rings. The van der Waals surface area contributed by atoms with E-state index in [0.29, 0.717) is 51.8 Å². The number of ether oxygens (including phenoxy) is 6. The molecule has 0 N–H and O–H groups in total. The minimum Gasteiger partial charge on any atom is -0.430 e. The smallest absolute Gasteiger partial charge is 0.342 e. The molecule has 134 valence electrons. The Kier molecular flexibility index (Phi) is 9.28. The Morgan fingerprint density at radius 3 is 2.21 bits per heavy atom. The van der Waals surface area contributed by atoms with Crippen molar-refractivity contribution >= 4 is 5.97 Å². The maximum atomic E-state index is 12.1. The molecule has 2 rings (SSSR count). The summed E-state index contributed by atoms with van der Waals surface area (Å²) in [6.07, 6.45) is 2.21. The van der Waals surface area contributed by atoms with Gasteiger partial charge in [0.1, 0.15) is 6.61 Å². The zero-order valence-corrected chi connectivity index (χ0v) is 13.6. The molecular formula is C16H23NO7. The van der Waals surface area contributed by atoms with Crippen molar-refractivity contribution in [1.82, 2.24) is 4.98 Å². The average Bonchev–Trinajstić information content (AvgIpc) is 2.62. The average molecular weight is 341 g/mol. The van der Waals surface area contributed by atoms with Crippen LogP contribution in [0.15, 0.2) is 24.5 Å². The third-order valence-electron chi connectivity index (χ3n) is 3.04. The molecule has 0 spiro atoms. The Hall–Kier alpha value is -1.58. The summed E-state index contributed by atoms with van der Waals surface area (Å²) in [6.45, 7) is 3.57. The van der Waals surface area contributed by atoms with E-state index in [9.17, 15) is 4.79 Å². The molecule has 1 aromatic heterocycles. The number of hydrogen-bond acceptors (Lipinski definition) is 8. The summed E-state index contributed by atoms with van der Waals surface area (Å²) in [7, 11) is 0. The fraction of sp³-hybridized carbons (Fsp3) is 0.625. The normalized spacial score (nSPS) is 22.1. The van der Waals surface area contributed by atoms with Gasteiger partial charge >= 0.3 is 5.97 Å². The number of aromatic nitrogens is 1. The van der Waals surface area contributed by atoms with Gasteiger partial charge in [0.2, 0.25) is 6.29 Å². The lowest BCUT2D eigenvalue weighted by molar-refractivity contribution is -0.152.